The van der Waals surface area contributed by atoms with Gasteiger partial charge in [-0.3, -0.25) is 4.55 Å². The average molecular weight is 336 g/mol. The highest BCUT2D eigenvalue weighted by Gasteiger charge is 2.11. The molecule has 2 N–H and O–H groups in total. The van der Waals surface area contributed by atoms with Gasteiger partial charge in [0.15, 0.2) is 0 Å². The highest BCUT2D eigenvalue weighted by molar-refractivity contribution is 7.85. The number of ether oxygens (including phenoxy) is 1. The molecule has 0 radical (unpaired) electrons. The minimum Gasteiger partial charge on any atom is -0.493 e. The Morgan fingerprint density at radius 3 is 2.43 bits per heavy atom. The van der Waals surface area contributed by atoms with Crippen molar-refractivity contribution in [3.05, 3.63) is 59.2 Å². The van der Waals surface area contributed by atoms with E-state index in [4.69, 9.17) is 14.4 Å². The fourth-order valence-electron chi connectivity index (χ4n) is 2.23. The van der Waals surface area contributed by atoms with Crippen molar-refractivity contribution < 1.29 is 22.8 Å². The summed E-state index contributed by atoms with van der Waals surface area (Å²) in [5, 5.41) is 8.74. The zero-order valence-corrected chi connectivity index (χ0v) is 13.7. The topological polar surface area (TPSA) is 83.8 Å². The van der Waals surface area contributed by atoms with Crippen LogP contribution in [0.1, 0.15) is 16.7 Å². The van der Waals surface area contributed by atoms with Crippen LogP contribution in [0.2, 0.25) is 0 Å². The molecule has 5 nitrogen and oxygen atoms in total. The third kappa shape index (κ3) is 5.06. The van der Waals surface area contributed by atoms with Crippen LogP contribution >= 0.6 is 0 Å². The van der Waals surface area contributed by atoms with Gasteiger partial charge >= 0.3 is 0 Å². The molecule has 0 saturated heterocycles. The molecule has 0 aromatic heterocycles. The molecule has 2 aromatic rings. The summed E-state index contributed by atoms with van der Waals surface area (Å²) < 4.78 is 34.9. The number of aryl methyl sites for hydroxylation is 1. The van der Waals surface area contributed by atoms with Crippen LogP contribution in [0.4, 0.5) is 0 Å². The lowest BCUT2D eigenvalue weighted by Crippen LogP contribution is -1.96. The van der Waals surface area contributed by atoms with Crippen molar-refractivity contribution >= 4 is 10.1 Å². The van der Waals surface area contributed by atoms with Gasteiger partial charge in [0, 0.05) is 13.0 Å². The summed E-state index contributed by atoms with van der Waals surface area (Å²) in [7, 11) is -4.02. The number of aliphatic hydroxyl groups excluding tert-OH is 1. The highest BCUT2D eigenvalue weighted by atomic mass is 32.2. The molecule has 3 rings (SSSR count). The molecular formula is C17H20O5S. The molecule has 23 heavy (non-hydrogen) atoms. The Balaban J connectivity index is 0.000000168. The fourth-order valence-corrected chi connectivity index (χ4v) is 2.71. The Hall–Kier alpha value is -1.89. The number of hydrogen-bond donors (Lipinski definition) is 2. The lowest BCUT2D eigenvalue weighted by atomic mass is 10.1. The third-order valence-electron chi connectivity index (χ3n) is 3.47. The molecule has 0 spiro atoms. The second-order valence-corrected chi connectivity index (χ2v) is 6.72. The summed E-state index contributed by atoms with van der Waals surface area (Å²) in [5.74, 6) is 1.01. The van der Waals surface area contributed by atoms with Crippen molar-refractivity contribution in [2.75, 3.05) is 13.2 Å². The fraction of sp³-hybridized carbons (Fsp3) is 0.294. The van der Waals surface area contributed by atoms with E-state index in [9.17, 15) is 8.42 Å². The largest absolute Gasteiger partial charge is 0.493 e. The van der Waals surface area contributed by atoms with E-state index in [2.05, 4.69) is 6.07 Å². The Labute approximate surface area is 136 Å². The summed E-state index contributed by atoms with van der Waals surface area (Å²) in [6.07, 6.45) is 1.75. The number of rotatable bonds is 3. The van der Waals surface area contributed by atoms with E-state index in [0.29, 0.717) is 0 Å². The first-order valence-corrected chi connectivity index (χ1v) is 8.74. The van der Waals surface area contributed by atoms with Gasteiger partial charge in [-0.15, -0.1) is 0 Å². The van der Waals surface area contributed by atoms with E-state index < -0.39 is 10.1 Å². The van der Waals surface area contributed by atoms with Gasteiger partial charge in [-0.1, -0.05) is 29.8 Å². The number of hydrogen-bond acceptors (Lipinski definition) is 4. The Morgan fingerprint density at radius 1 is 1.13 bits per heavy atom. The van der Waals surface area contributed by atoms with Crippen molar-refractivity contribution in [2.24, 2.45) is 0 Å². The smallest absolute Gasteiger partial charge is 0.294 e. The molecule has 0 aliphatic carbocycles. The maximum atomic E-state index is 10.5. The molecule has 0 amide bonds. The Bertz CT molecular complexity index is 751. The molecule has 2 aromatic carbocycles. The van der Waals surface area contributed by atoms with E-state index in [1.807, 2.05) is 19.1 Å². The Kier molecular flexibility index (Phi) is 5.76. The molecular weight excluding hydrogens is 316 g/mol. The van der Waals surface area contributed by atoms with Gasteiger partial charge < -0.3 is 9.84 Å². The summed E-state index contributed by atoms with van der Waals surface area (Å²) >= 11 is 0. The highest BCUT2D eigenvalue weighted by Crippen LogP contribution is 2.25. The van der Waals surface area contributed by atoms with E-state index >= 15 is 0 Å². The lowest BCUT2D eigenvalue weighted by Gasteiger charge is -2.01. The van der Waals surface area contributed by atoms with Crippen LogP contribution in [0, 0.1) is 6.92 Å². The molecule has 0 fully saturated rings. The molecule has 6 heteroatoms. The molecule has 1 aliphatic heterocycles. The van der Waals surface area contributed by atoms with E-state index in [0.717, 1.165) is 30.8 Å². The van der Waals surface area contributed by atoms with Gasteiger partial charge in [-0.2, -0.15) is 8.42 Å². The van der Waals surface area contributed by atoms with E-state index in [-0.39, 0.29) is 11.5 Å². The standard InChI is InChI=1S/C10H12O2.C7H8O3S/c11-5-3-8-1-2-10-9(7-8)4-6-12-10;1-6-2-4-7(5-3-6)11(8,9)10/h1-2,7,11H,3-6H2;2-5H,1H3,(H,8,9,10). The van der Waals surface area contributed by atoms with Crippen molar-refractivity contribution in [1.82, 2.24) is 0 Å². The normalized spacial score (nSPS) is 12.8. The minimum atomic E-state index is -4.02. The van der Waals surface area contributed by atoms with Crippen molar-refractivity contribution in [2.45, 2.75) is 24.7 Å². The maximum absolute atomic E-state index is 10.5. The summed E-state index contributed by atoms with van der Waals surface area (Å²) in [6, 6.07) is 12.1. The van der Waals surface area contributed by atoms with Gasteiger partial charge in [-0.05, 0) is 42.7 Å². The zero-order valence-electron chi connectivity index (χ0n) is 12.9. The summed E-state index contributed by atoms with van der Waals surface area (Å²) in [4.78, 5) is -0.0666. The summed E-state index contributed by atoms with van der Waals surface area (Å²) in [6.45, 7) is 2.87. The van der Waals surface area contributed by atoms with E-state index in [1.165, 1.54) is 23.3 Å². The second kappa shape index (κ2) is 7.59. The molecule has 0 bridgehead atoms. The second-order valence-electron chi connectivity index (χ2n) is 5.30. The molecule has 0 unspecified atom stereocenters. The molecule has 1 aliphatic rings. The van der Waals surface area contributed by atoms with Crippen LogP contribution in [0.15, 0.2) is 47.4 Å². The van der Waals surface area contributed by atoms with Crippen LogP contribution in [-0.2, 0) is 23.0 Å². The van der Waals surface area contributed by atoms with Crippen LogP contribution < -0.4 is 4.74 Å². The first-order valence-electron chi connectivity index (χ1n) is 7.30. The van der Waals surface area contributed by atoms with Crippen LogP contribution in [0.25, 0.3) is 0 Å². The van der Waals surface area contributed by atoms with Gasteiger partial charge in [0.25, 0.3) is 10.1 Å². The van der Waals surface area contributed by atoms with Crippen LogP contribution in [-0.4, -0.2) is 31.3 Å². The van der Waals surface area contributed by atoms with Gasteiger partial charge in [-0.25, -0.2) is 0 Å². The first-order chi connectivity index (χ1) is 10.9. The Morgan fingerprint density at radius 2 is 1.83 bits per heavy atom. The average Bonchev–Trinajstić information content (AvgIpc) is 2.95. The summed E-state index contributed by atoms with van der Waals surface area (Å²) in [5.41, 5.74) is 3.43. The zero-order chi connectivity index (χ0) is 16.9. The lowest BCUT2D eigenvalue weighted by molar-refractivity contribution is 0.299. The minimum absolute atomic E-state index is 0.0666. The van der Waals surface area contributed by atoms with Crippen LogP contribution in [0.3, 0.4) is 0 Å². The number of aliphatic hydroxyl groups is 1. The maximum Gasteiger partial charge on any atom is 0.294 e. The predicted molar refractivity (Wildman–Crippen MR) is 87.4 cm³/mol. The molecule has 0 atom stereocenters. The van der Waals surface area contributed by atoms with Gasteiger partial charge in [0.05, 0.1) is 11.5 Å². The number of benzene rings is 2. The number of fused-ring (bicyclic) bond motifs is 1. The van der Waals surface area contributed by atoms with Crippen LogP contribution in [0.5, 0.6) is 5.75 Å². The molecule has 0 saturated carbocycles. The predicted octanol–water partition coefficient (Wildman–Crippen LogP) is 2.40. The van der Waals surface area contributed by atoms with E-state index in [1.54, 1.807) is 12.1 Å². The first kappa shape index (κ1) is 17.5. The third-order valence-corrected chi connectivity index (χ3v) is 4.34. The van der Waals surface area contributed by atoms with Crippen molar-refractivity contribution in [1.29, 1.82) is 0 Å². The quantitative estimate of drug-likeness (QED) is 0.841. The van der Waals surface area contributed by atoms with Gasteiger partial charge in [0.2, 0.25) is 0 Å². The van der Waals surface area contributed by atoms with Crippen molar-refractivity contribution in [3.8, 4) is 5.75 Å². The molecule has 124 valence electrons. The monoisotopic (exact) mass is 336 g/mol. The van der Waals surface area contributed by atoms with Gasteiger partial charge in [0.1, 0.15) is 5.75 Å². The molecule has 1 heterocycles. The van der Waals surface area contributed by atoms with Crippen molar-refractivity contribution in [3.63, 3.8) is 0 Å². The SMILES string of the molecule is Cc1ccc(S(=O)(=O)O)cc1.OCCc1ccc2c(c1)CCO2.